The number of amides is 1. The van der Waals surface area contributed by atoms with E-state index in [0.717, 1.165) is 26.1 Å². The van der Waals surface area contributed by atoms with Crippen LogP contribution in [0, 0.1) is 5.92 Å². The summed E-state index contributed by atoms with van der Waals surface area (Å²) in [5, 5.41) is 0. The van der Waals surface area contributed by atoms with Crippen molar-refractivity contribution in [3.05, 3.63) is 0 Å². The minimum atomic E-state index is 0.408. The third-order valence-corrected chi connectivity index (χ3v) is 4.45. The van der Waals surface area contributed by atoms with Crippen molar-refractivity contribution in [2.75, 3.05) is 26.2 Å². The zero-order valence-corrected chi connectivity index (χ0v) is 12.0. The van der Waals surface area contributed by atoms with Crippen LogP contribution in [0.4, 0.5) is 0 Å². The SMILES string of the molecule is CC(C)N1CCCC(CC(=O)N2CCCCC2)C1. The molecule has 1 unspecified atom stereocenters. The molecule has 3 nitrogen and oxygen atoms in total. The first kappa shape index (κ1) is 13.9. The van der Waals surface area contributed by atoms with Gasteiger partial charge in [0.1, 0.15) is 0 Å². The Kier molecular flexibility index (Phi) is 5.04. The molecular formula is C15H28N2O. The fourth-order valence-electron chi connectivity index (χ4n) is 3.25. The van der Waals surface area contributed by atoms with Crippen molar-refractivity contribution in [2.24, 2.45) is 5.92 Å². The molecule has 0 bridgehead atoms. The zero-order chi connectivity index (χ0) is 13.0. The van der Waals surface area contributed by atoms with Crippen molar-refractivity contribution < 1.29 is 4.79 Å². The number of nitrogens with zero attached hydrogens (tertiary/aromatic N) is 2. The Bertz CT molecular complexity index is 272. The number of likely N-dealkylation sites (tertiary alicyclic amines) is 2. The lowest BCUT2D eigenvalue weighted by molar-refractivity contribution is -0.133. The van der Waals surface area contributed by atoms with Gasteiger partial charge < -0.3 is 9.80 Å². The number of hydrogen-bond donors (Lipinski definition) is 0. The van der Waals surface area contributed by atoms with Crippen LogP contribution in [0.1, 0.15) is 52.4 Å². The Balaban J connectivity index is 1.79. The third-order valence-electron chi connectivity index (χ3n) is 4.45. The van der Waals surface area contributed by atoms with Gasteiger partial charge in [-0.05, 0) is 58.4 Å². The van der Waals surface area contributed by atoms with Crippen molar-refractivity contribution in [1.82, 2.24) is 9.80 Å². The van der Waals surface area contributed by atoms with Crippen molar-refractivity contribution >= 4 is 5.91 Å². The molecule has 2 fully saturated rings. The number of hydrogen-bond acceptors (Lipinski definition) is 2. The summed E-state index contributed by atoms with van der Waals surface area (Å²) in [4.78, 5) is 16.9. The average molecular weight is 252 g/mol. The predicted molar refractivity (Wildman–Crippen MR) is 74.5 cm³/mol. The minimum Gasteiger partial charge on any atom is -0.343 e. The second kappa shape index (κ2) is 6.55. The van der Waals surface area contributed by atoms with Crippen molar-refractivity contribution in [3.8, 4) is 0 Å². The van der Waals surface area contributed by atoms with E-state index in [2.05, 4.69) is 23.6 Å². The van der Waals surface area contributed by atoms with Crippen LogP contribution in [-0.2, 0) is 4.79 Å². The maximum absolute atomic E-state index is 12.3. The second-order valence-electron chi connectivity index (χ2n) is 6.24. The van der Waals surface area contributed by atoms with Gasteiger partial charge in [0.2, 0.25) is 5.91 Å². The smallest absolute Gasteiger partial charge is 0.222 e. The molecule has 2 heterocycles. The molecule has 0 saturated carbocycles. The summed E-state index contributed by atoms with van der Waals surface area (Å²) in [6.45, 7) is 8.85. The maximum Gasteiger partial charge on any atom is 0.222 e. The van der Waals surface area contributed by atoms with E-state index >= 15 is 0 Å². The van der Waals surface area contributed by atoms with E-state index in [4.69, 9.17) is 0 Å². The fourth-order valence-corrected chi connectivity index (χ4v) is 3.25. The molecule has 2 aliphatic heterocycles. The standard InChI is InChI=1S/C15H28N2O/c1-13(2)17-10-6-7-14(12-17)11-15(18)16-8-4-3-5-9-16/h13-14H,3-12H2,1-2H3. The Morgan fingerprint density at radius 3 is 2.50 bits per heavy atom. The molecule has 1 atom stereocenters. The highest BCUT2D eigenvalue weighted by atomic mass is 16.2. The van der Waals surface area contributed by atoms with Gasteiger partial charge in [-0.3, -0.25) is 4.79 Å². The molecule has 2 aliphatic rings. The van der Waals surface area contributed by atoms with Gasteiger partial charge in [0, 0.05) is 32.1 Å². The minimum absolute atomic E-state index is 0.408. The second-order valence-corrected chi connectivity index (χ2v) is 6.24. The highest BCUT2D eigenvalue weighted by molar-refractivity contribution is 5.76. The normalized spacial score (nSPS) is 26.6. The van der Waals surface area contributed by atoms with Crippen LogP contribution >= 0.6 is 0 Å². The lowest BCUT2D eigenvalue weighted by atomic mass is 9.93. The van der Waals surface area contributed by atoms with Gasteiger partial charge in [0.15, 0.2) is 0 Å². The van der Waals surface area contributed by atoms with Crippen LogP contribution in [0.2, 0.25) is 0 Å². The van der Waals surface area contributed by atoms with E-state index < -0.39 is 0 Å². The van der Waals surface area contributed by atoms with Gasteiger partial charge in [-0.2, -0.15) is 0 Å². The molecule has 2 rings (SSSR count). The van der Waals surface area contributed by atoms with E-state index in [9.17, 15) is 4.79 Å². The lowest BCUT2D eigenvalue weighted by Crippen LogP contribution is -2.42. The molecule has 18 heavy (non-hydrogen) atoms. The van der Waals surface area contributed by atoms with Crippen LogP contribution in [0.3, 0.4) is 0 Å². The summed E-state index contributed by atoms with van der Waals surface area (Å²) >= 11 is 0. The molecule has 0 aromatic heterocycles. The number of carbonyl (C=O) groups excluding carboxylic acids is 1. The molecular weight excluding hydrogens is 224 g/mol. The summed E-state index contributed by atoms with van der Waals surface area (Å²) < 4.78 is 0. The Morgan fingerprint density at radius 2 is 1.83 bits per heavy atom. The molecule has 0 spiro atoms. The first-order chi connectivity index (χ1) is 8.66. The van der Waals surface area contributed by atoms with Crippen molar-refractivity contribution in [3.63, 3.8) is 0 Å². The summed E-state index contributed by atoms with van der Waals surface area (Å²) in [6.07, 6.45) is 6.99. The summed E-state index contributed by atoms with van der Waals surface area (Å²) in [7, 11) is 0. The van der Waals surface area contributed by atoms with E-state index in [1.807, 2.05) is 0 Å². The number of carbonyl (C=O) groups is 1. The van der Waals surface area contributed by atoms with Crippen molar-refractivity contribution in [1.29, 1.82) is 0 Å². The fraction of sp³-hybridized carbons (Fsp3) is 0.933. The van der Waals surface area contributed by atoms with Gasteiger partial charge in [0.25, 0.3) is 0 Å². The van der Waals surface area contributed by atoms with Crippen LogP contribution in [0.25, 0.3) is 0 Å². The van der Waals surface area contributed by atoms with E-state index in [0.29, 0.717) is 17.9 Å². The summed E-state index contributed by atoms with van der Waals surface area (Å²) in [5.74, 6) is 1.00. The Labute approximate surface area is 112 Å². The molecule has 0 aromatic carbocycles. The van der Waals surface area contributed by atoms with Gasteiger partial charge in [0.05, 0.1) is 0 Å². The highest BCUT2D eigenvalue weighted by Crippen LogP contribution is 2.22. The zero-order valence-electron chi connectivity index (χ0n) is 12.0. The van der Waals surface area contributed by atoms with Crippen LogP contribution < -0.4 is 0 Å². The average Bonchev–Trinajstić information content (AvgIpc) is 2.40. The summed E-state index contributed by atoms with van der Waals surface area (Å²) in [5.41, 5.74) is 0. The molecule has 0 N–H and O–H groups in total. The van der Waals surface area contributed by atoms with E-state index in [-0.39, 0.29) is 0 Å². The molecule has 0 aliphatic carbocycles. The molecule has 0 aromatic rings. The first-order valence-corrected chi connectivity index (χ1v) is 7.68. The van der Waals surface area contributed by atoms with Crippen LogP contribution in [0.15, 0.2) is 0 Å². The van der Waals surface area contributed by atoms with E-state index in [1.165, 1.54) is 38.6 Å². The lowest BCUT2D eigenvalue weighted by Gasteiger charge is -2.36. The molecule has 1 amide bonds. The quantitative estimate of drug-likeness (QED) is 0.770. The van der Waals surface area contributed by atoms with Crippen LogP contribution in [-0.4, -0.2) is 47.9 Å². The van der Waals surface area contributed by atoms with Gasteiger partial charge in [-0.25, -0.2) is 0 Å². The largest absolute Gasteiger partial charge is 0.343 e. The topological polar surface area (TPSA) is 23.6 Å². The molecule has 3 heteroatoms. The molecule has 2 saturated heterocycles. The van der Waals surface area contributed by atoms with Gasteiger partial charge in [-0.15, -0.1) is 0 Å². The number of rotatable bonds is 3. The summed E-state index contributed by atoms with van der Waals surface area (Å²) in [6, 6.07) is 0.623. The van der Waals surface area contributed by atoms with Gasteiger partial charge >= 0.3 is 0 Å². The highest BCUT2D eigenvalue weighted by Gasteiger charge is 2.25. The third kappa shape index (κ3) is 3.71. The van der Waals surface area contributed by atoms with Crippen LogP contribution in [0.5, 0.6) is 0 Å². The monoisotopic (exact) mass is 252 g/mol. The van der Waals surface area contributed by atoms with Gasteiger partial charge in [-0.1, -0.05) is 0 Å². The first-order valence-electron chi connectivity index (χ1n) is 7.68. The molecule has 104 valence electrons. The Hall–Kier alpha value is -0.570. The Morgan fingerprint density at radius 1 is 1.11 bits per heavy atom. The maximum atomic E-state index is 12.3. The number of piperidine rings is 2. The van der Waals surface area contributed by atoms with Crippen molar-refractivity contribution in [2.45, 2.75) is 58.4 Å². The molecule has 0 radical (unpaired) electrons. The predicted octanol–water partition coefficient (Wildman–Crippen LogP) is 2.51. The van der Waals surface area contributed by atoms with E-state index in [1.54, 1.807) is 0 Å².